The standard InChI is InChI=1S/C18H15F2N3O4S2.C2HF3O2/c19-17(20)27-15-4-2-1-3-13(15)23-8-9-26-16-11-12(5-6-14(16)23)29(24,25)22-18-21-7-10-28-18;3-2(4,5)1(6)7/h1-7,10-11,17H,8-9H2,(H,21,22);(H,6,7). The number of para-hydroxylation sites is 2. The van der Waals surface area contributed by atoms with E-state index < -0.39 is 28.8 Å². The predicted molar refractivity (Wildman–Crippen MR) is 119 cm³/mol. The number of hydrogen-bond acceptors (Lipinski definition) is 8. The van der Waals surface area contributed by atoms with Crippen LogP contribution in [0.2, 0.25) is 0 Å². The van der Waals surface area contributed by atoms with Gasteiger partial charge in [0.25, 0.3) is 10.0 Å². The number of fused-ring (bicyclic) bond motifs is 1. The number of halogens is 5. The molecule has 0 fully saturated rings. The first kappa shape index (κ1) is 26.9. The van der Waals surface area contributed by atoms with Gasteiger partial charge in [0.15, 0.2) is 5.13 Å². The summed E-state index contributed by atoms with van der Waals surface area (Å²) in [5.41, 5.74) is 0.989. The average Bonchev–Trinajstić information content (AvgIpc) is 3.30. The number of carboxylic acid groups (broad SMARTS) is 1. The van der Waals surface area contributed by atoms with Crippen LogP contribution in [0.15, 0.2) is 58.9 Å². The van der Waals surface area contributed by atoms with Gasteiger partial charge in [0.2, 0.25) is 0 Å². The van der Waals surface area contributed by atoms with E-state index in [4.69, 9.17) is 14.6 Å². The number of carboxylic acids is 1. The lowest BCUT2D eigenvalue weighted by Gasteiger charge is -2.32. The van der Waals surface area contributed by atoms with Gasteiger partial charge in [-0.15, -0.1) is 11.3 Å². The Morgan fingerprint density at radius 1 is 1.19 bits per heavy atom. The molecule has 2 aromatic carbocycles. The number of alkyl halides is 5. The molecular formula is C20H16F5N3O6S2. The maximum Gasteiger partial charge on any atom is 0.490 e. The van der Waals surface area contributed by atoms with E-state index in [0.717, 1.165) is 11.3 Å². The van der Waals surface area contributed by atoms with Crippen molar-refractivity contribution in [3.05, 3.63) is 54.0 Å². The predicted octanol–water partition coefficient (Wildman–Crippen LogP) is 4.71. The minimum absolute atomic E-state index is 0.00501. The highest BCUT2D eigenvalue weighted by molar-refractivity contribution is 7.93. The average molecular weight is 553 g/mol. The molecule has 3 aromatic rings. The fraction of sp³-hybridized carbons (Fsp3) is 0.200. The van der Waals surface area contributed by atoms with Crippen LogP contribution < -0.4 is 19.1 Å². The van der Waals surface area contributed by atoms with Crippen LogP contribution in [0.25, 0.3) is 0 Å². The first-order chi connectivity index (χ1) is 16.9. The van der Waals surface area contributed by atoms with Gasteiger partial charge >= 0.3 is 18.8 Å². The third kappa shape index (κ3) is 6.72. The number of aliphatic carboxylic acids is 1. The summed E-state index contributed by atoms with van der Waals surface area (Å²) >= 11 is 1.16. The highest BCUT2D eigenvalue weighted by Gasteiger charge is 2.38. The zero-order chi connectivity index (χ0) is 26.5. The summed E-state index contributed by atoms with van der Waals surface area (Å²) in [7, 11) is -3.85. The van der Waals surface area contributed by atoms with Crippen molar-refractivity contribution >= 4 is 43.8 Å². The minimum atomic E-state index is -5.08. The van der Waals surface area contributed by atoms with E-state index in [1.807, 2.05) is 0 Å². The molecule has 2 heterocycles. The van der Waals surface area contributed by atoms with E-state index in [1.165, 1.54) is 24.4 Å². The van der Waals surface area contributed by atoms with E-state index in [1.54, 1.807) is 34.5 Å². The highest BCUT2D eigenvalue weighted by atomic mass is 32.2. The van der Waals surface area contributed by atoms with Gasteiger partial charge in [0, 0.05) is 17.6 Å². The molecule has 0 amide bonds. The molecule has 0 aliphatic carbocycles. The lowest BCUT2D eigenvalue weighted by atomic mass is 10.2. The Balaban J connectivity index is 0.000000454. The van der Waals surface area contributed by atoms with E-state index in [2.05, 4.69) is 14.4 Å². The first-order valence-electron chi connectivity index (χ1n) is 9.69. The van der Waals surface area contributed by atoms with Crippen LogP contribution >= 0.6 is 11.3 Å². The number of nitrogens with one attached hydrogen (secondary N) is 1. The summed E-state index contributed by atoms with van der Waals surface area (Å²) in [6, 6.07) is 10.8. The number of ether oxygens (including phenoxy) is 2. The molecule has 9 nitrogen and oxygen atoms in total. The second kappa shape index (κ2) is 10.9. The molecule has 1 aliphatic heterocycles. The Labute approximate surface area is 204 Å². The smallest absolute Gasteiger partial charge is 0.489 e. The number of hydrogen-bond donors (Lipinski definition) is 2. The second-order valence-corrected chi connectivity index (χ2v) is 9.30. The van der Waals surface area contributed by atoms with Gasteiger partial charge in [-0.2, -0.15) is 22.0 Å². The molecule has 194 valence electrons. The van der Waals surface area contributed by atoms with Crippen molar-refractivity contribution in [2.75, 3.05) is 22.8 Å². The van der Waals surface area contributed by atoms with Crippen molar-refractivity contribution in [1.82, 2.24) is 4.98 Å². The van der Waals surface area contributed by atoms with Gasteiger partial charge in [0.1, 0.15) is 18.1 Å². The van der Waals surface area contributed by atoms with E-state index in [-0.39, 0.29) is 22.4 Å². The fourth-order valence-corrected chi connectivity index (χ4v) is 4.74. The molecule has 2 N–H and O–H groups in total. The van der Waals surface area contributed by atoms with Crippen LogP contribution in [0.4, 0.5) is 38.5 Å². The summed E-state index contributed by atoms with van der Waals surface area (Å²) in [5, 5.41) is 9.04. The largest absolute Gasteiger partial charge is 0.490 e. The van der Waals surface area contributed by atoms with Crippen molar-refractivity contribution < 1.29 is 49.7 Å². The van der Waals surface area contributed by atoms with Crippen molar-refractivity contribution in [3.63, 3.8) is 0 Å². The zero-order valence-corrected chi connectivity index (χ0v) is 19.4. The third-order valence-electron chi connectivity index (χ3n) is 4.37. The van der Waals surface area contributed by atoms with Crippen LogP contribution in [-0.2, 0) is 14.8 Å². The first-order valence-corrected chi connectivity index (χ1v) is 12.1. The summed E-state index contributed by atoms with van der Waals surface area (Å²) < 4.78 is 95.1. The maximum absolute atomic E-state index is 12.8. The molecule has 4 rings (SSSR count). The Morgan fingerprint density at radius 2 is 1.89 bits per heavy atom. The van der Waals surface area contributed by atoms with Crippen LogP contribution in [0.3, 0.4) is 0 Å². The lowest BCUT2D eigenvalue weighted by Crippen LogP contribution is -2.29. The summed E-state index contributed by atoms with van der Waals surface area (Å²) in [5.74, 6) is -2.41. The molecule has 0 atom stereocenters. The number of carbonyl (C=O) groups is 1. The van der Waals surface area contributed by atoms with Crippen LogP contribution in [0.1, 0.15) is 0 Å². The minimum Gasteiger partial charge on any atom is -0.489 e. The van der Waals surface area contributed by atoms with Crippen LogP contribution in [-0.4, -0.2) is 50.4 Å². The third-order valence-corrected chi connectivity index (χ3v) is 6.53. The van der Waals surface area contributed by atoms with Crippen molar-refractivity contribution in [3.8, 4) is 11.5 Å². The molecule has 1 aliphatic rings. The molecule has 0 unspecified atom stereocenters. The number of aromatic nitrogens is 1. The number of anilines is 3. The van der Waals surface area contributed by atoms with Gasteiger partial charge in [-0.05, 0) is 24.3 Å². The highest BCUT2D eigenvalue weighted by Crippen LogP contribution is 2.42. The fourth-order valence-electron chi connectivity index (χ4n) is 2.94. The Hall–Kier alpha value is -3.66. The number of benzene rings is 2. The molecule has 0 saturated heterocycles. The molecule has 0 spiro atoms. The molecule has 36 heavy (non-hydrogen) atoms. The summed E-state index contributed by atoms with van der Waals surface area (Å²) in [6.45, 7) is -2.32. The molecular weight excluding hydrogens is 537 g/mol. The molecule has 0 radical (unpaired) electrons. The van der Waals surface area contributed by atoms with E-state index >= 15 is 0 Å². The summed E-state index contributed by atoms with van der Waals surface area (Å²) in [4.78, 5) is 14.6. The Kier molecular flexibility index (Phi) is 8.19. The summed E-state index contributed by atoms with van der Waals surface area (Å²) in [6.07, 6.45) is -3.59. The molecule has 16 heteroatoms. The van der Waals surface area contributed by atoms with Crippen LogP contribution in [0.5, 0.6) is 11.5 Å². The SMILES string of the molecule is O=C(O)C(F)(F)F.O=S(=O)(Nc1nccs1)c1ccc2c(c1)OCCN2c1ccccc1OC(F)F. The number of rotatable bonds is 6. The molecule has 0 bridgehead atoms. The van der Waals surface area contributed by atoms with Crippen LogP contribution in [0, 0.1) is 0 Å². The second-order valence-electron chi connectivity index (χ2n) is 6.72. The topological polar surface area (TPSA) is 118 Å². The molecule has 0 saturated carbocycles. The number of thiazole rings is 1. The number of sulfonamides is 1. The van der Waals surface area contributed by atoms with Gasteiger partial charge in [-0.1, -0.05) is 12.1 Å². The lowest BCUT2D eigenvalue weighted by molar-refractivity contribution is -0.192. The Bertz CT molecular complexity index is 1300. The van der Waals surface area contributed by atoms with Crippen molar-refractivity contribution in [2.45, 2.75) is 17.7 Å². The van der Waals surface area contributed by atoms with Crippen molar-refractivity contribution in [2.24, 2.45) is 0 Å². The number of nitrogens with zero attached hydrogens (tertiary/aromatic N) is 2. The normalized spacial score (nSPS) is 13.2. The van der Waals surface area contributed by atoms with Gasteiger partial charge in [0.05, 0.1) is 22.8 Å². The Morgan fingerprint density at radius 3 is 2.50 bits per heavy atom. The van der Waals surface area contributed by atoms with Gasteiger partial charge < -0.3 is 19.5 Å². The van der Waals surface area contributed by atoms with Gasteiger partial charge in [-0.3, -0.25) is 4.72 Å². The van der Waals surface area contributed by atoms with Gasteiger partial charge in [-0.25, -0.2) is 18.2 Å². The van der Waals surface area contributed by atoms with E-state index in [0.29, 0.717) is 23.7 Å². The molecule has 1 aromatic heterocycles. The zero-order valence-electron chi connectivity index (χ0n) is 17.8. The van der Waals surface area contributed by atoms with Crippen molar-refractivity contribution in [1.29, 1.82) is 0 Å². The van der Waals surface area contributed by atoms with E-state index in [9.17, 15) is 30.4 Å². The maximum atomic E-state index is 12.8. The monoisotopic (exact) mass is 553 g/mol. The quantitative estimate of drug-likeness (QED) is 0.422.